The molecular weight excluding hydrogens is 430 g/mol. The van der Waals surface area contributed by atoms with Crippen molar-refractivity contribution < 1.29 is 14.3 Å². The lowest BCUT2D eigenvalue weighted by Gasteiger charge is -2.38. The monoisotopic (exact) mass is 467 g/mol. The predicted octanol–water partition coefficient (Wildman–Crippen LogP) is 3.38. The SMILES string of the molecule is CCN(C(=O)Cc1ccc(OC)cc1)C1CCN(CCNC(=O)Nc2cc(C)nc(C)c2)CC1. The number of benzene rings is 1. The van der Waals surface area contributed by atoms with E-state index < -0.39 is 0 Å². The van der Waals surface area contributed by atoms with Gasteiger partial charge in [-0.15, -0.1) is 0 Å². The van der Waals surface area contributed by atoms with E-state index in [1.165, 1.54) is 0 Å². The van der Waals surface area contributed by atoms with Crippen LogP contribution in [-0.2, 0) is 11.2 Å². The van der Waals surface area contributed by atoms with E-state index in [1.807, 2.05) is 62.1 Å². The van der Waals surface area contributed by atoms with E-state index >= 15 is 0 Å². The molecule has 3 amide bonds. The van der Waals surface area contributed by atoms with E-state index in [0.29, 0.717) is 13.0 Å². The van der Waals surface area contributed by atoms with Gasteiger partial charge in [0.05, 0.1) is 13.5 Å². The molecule has 3 rings (SSSR count). The Hall–Kier alpha value is -3.13. The number of hydrogen-bond acceptors (Lipinski definition) is 5. The number of urea groups is 1. The Bertz CT molecular complexity index is 935. The van der Waals surface area contributed by atoms with Gasteiger partial charge in [0, 0.05) is 55.8 Å². The maximum Gasteiger partial charge on any atom is 0.319 e. The van der Waals surface area contributed by atoms with Crippen molar-refractivity contribution >= 4 is 17.6 Å². The Balaban J connectivity index is 1.39. The van der Waals surface area contributed by atoms with Crippen LogP contribution in [0.3, 0.4) is 0 Å². The summed E-state index contributed by atoms with van der Waals surface area (Å²) in [6.45, 7) is 9.79. The normalized spacial score (nSPS) is 14.5. The van der Waals surface area contributed by atoms with Crippen molar-refractivity contribution in [3.8, 4) is 5.75 Å². The van der Waals surface area contributed by atoms with Crippen LogP contribution in [0.2, 0.25) is 0 Å². The fourth-order valence-electron chi connectivity index (χ4n) is 4.52. The second-order valence-corrected chi connectivity index (χ2v) is 8.80. The lowest BCUT2D eigenvalue weighted by atomic mass is 10.0. The molecule has 0 bridgehead atoms. The average Bonchev–Trinajstić information content (AvgIpc) is 2.80. The zero-order valence-corrected chi connectivity index (χ0v) is 20.8. The van der Waals surface area contributed by atoms with Crippen LogP contribution >= 0.6 is 0 Å². The number of likely N-dealkylation sites (N-methyl/N-ethyl adjacent to an activating group) is 1. The molecule has 2 aromatic rings. The molecule has 1 aromatic carbocycles. The molecule has 0 atom stereocenters. The number of anilines is 1. The molecular formula is C26H37N5O3. The summed E-state index contributed by atoms with van der Waals surface area (Å²) < 4.78 is 5.20. The first-order valence-corrected chi connectivity index (χ1v) is 12.0. The van der Waals surface area contributed by atoms with Gasteiger partial charge in [0.25, 0.3) is 0 Å². The molecule has 0 unspecified atom stereocenters. The summed E-state index contributed by atoms with van der Waals surface area (Å²) >= 11 is 0. The summed E-state index contributed by atoms with van der Waals surface area (Å²) in [4.78, 5) is 33.8. The Morgan fingerprint density at radius 1 is 1.12 bits per heavy atom. The predicted molar refractivity (Wildman–Crippen MR) is 134 cm³/mol. The van der Waals surface area contributed by atoms with Crippen LogP contribution in [0.25, 0.3) is 0 Å². The molecule has 0 saturated carbocycles. The molecule has 1 aliphatic rings. The number of pyridine rings is 1. The Morgan fingerprint density at radius 3 is 2.35 bits per heavy atom. The average molecular weight is 468 g/mol. The minimum atomic E-state index is -0.207. The van der Waals surface area contributed by atoms with Crippen molar-refractivity contribution in [1.82, 2.24) is 20.1 Å². The summed E-state index contributed by atoms with van der Waals surface area (Å²) in [5.74, 6) is 0.969. The molecule has 0 spiro atoms. The first-order valence-electron chi connectivity index (χ1n) is 12.0. The Kier molecular flexibility index (Phi) is 9.27. The summed E-state index contributed by atoms with van der Waals surface area (Å²) in [5.41, 5.74) is 3.51. The number of methoxy groups -OCH3 is 1. The lowest BCUT2D eigenvalue weighted by molar-refractivity contribution is -0.133. The van der Waals surface area contributed by atoms with Gasteiger partial charge in [0.2, 0.25) is 5.91 Å². The lowest BCUT2D eigenvalue weighted by Crippen LogP contribution is -2.49. The van der Waals surface area contributed by atoms with E-state index in [2.05, 4.69) is 20.5 Å². The number of aryl methyl sites for hydroxylation is 2. The molecule has 8 nitrogen and oxygen atoms in total. The number of likely N-dealkylation sites (tertiary alicyclic amines) is 1. The van der Waals surface area contributed by atoms with Gasteiger partial charge in [0.15, 0.2) is 0 Å². The van der Waals surface area contributed by atoms with E-state index in [9.17, 15) is 9.59 Å². The number of ether oxygens (including phenoxy) is 1. The molecule has 0 radical (unpaired) electrons. The number of hydrogen-bond donors (Lipinski definition) is 2. The minimum absolute atomic E-state index is 0.172. The standard InChI is InChI=1S/C26H37N5O3/c1-5-31(25(32)18-21-6-8-24(34-4)9-7-21)23-10-13-30(14-11-23)15-12-27-26(33)29-22-16-19(2)28-20(3)17-22/h6-9,16-17,23H,5,10-15,18H2,1-4H3,(H2,27,28,29,33). The highest BCUT2D eigenvalue weighted by molar-refractivity contribution is 5.89. The van der Waals surface area contributed by atoms with E-state index in [-0.39, 0.29) is 18.0 Å². The van der Waals surface area contributed by atoms with Crippen molar-refractivity contribution in [2.75, 3.05) is 45.2 Å². The number of carbonyl (C=O) groups is 2. The van der Waals surface area contributed by atoms with Gasteiger partial charge < -0.3 is 25.2 Å². The number of piperidine rings is 1. The second-order valence-electron chi connectivity index (χ2n) is 8.80. The number of nitrogens with one attached hydrogen (secondary N) is 2. The van der Waals surface area contributed by atoms with Crippen LogP contribution in [0.1, 0.15) is 36.7 Å². The molecule has 1 aliphatic heterocycles. The molecule has 184 valence electrons. The highest BCUT2D eigenvalue weighted by atomic mass is 16.5. The third kappa shape index (κ3) is 7.45. The van der Waals surface area contributed by atoms with Crippen molar-refractivity contribution in [3.05, 3.63) is 53.3 Å². The number of amides is 3. The second kappa shape index (κ2) is 12.4. The number of aromatic nitrogens is 1. The van der Waals surface area contributed by atoms with Crippen molar-refractivity contribution in [3.63, 3.8) is 0 Å². The fourth-order valence-corrected chi connectivity index (χ4v) is 4.52. The topological polar surface area (TPSA) is 86.8 Å². The molecule has 1 fully saturated rings. The van der Waals surface area contributed by atoms with Crippen LogP contribution in [0.4, 0.5) is 10.5 Å². The van der Waals surface area contributed by atoms with Gasteiger partial charge in [0.1, 0.15) is 5.75 Å². The van der Waals surface area contributed by atoms with Gasteiger partial charge in [-0.1, -0.05) is 12.1 Å². The Labute approximate surface area is 202 Å². The molecule has 2 N–H and O–H groups in total. The van der Waals surface area contributed by atoms with Crippen molar-refractivity contribution in [2.45, 2.75) is 46.1 Å². The third-order valence-electron chi connectivity index (χ3n) is 6.23. The summed E-state index contributed by atoms with van der Waals surface area (Å²) in [5, 5.41) is 5.80. The number of carbonyl (C=O) groups excluding carboxylic acids is 2. The summed E-state index contributed by atoms with van der Waals surface area (Å²) in [7, 11) is 1.64. The van der Waals surface area contributed by atoms with Crippen LogP contribution in [0.15, 0.2) is 36.4 Å². The molecule has 1 saturated heterocycles. The van der Waals surface area contributed by atoms with Crippen LogP contribution in [0, 0.1) is 13.8 Å². The van der Waals surface area contributed by atoms with Gasteiger partial charge in [-0.25, -0.2) is 4.79 Å². The van der Waals surface area contributed by atoms with Gasteiger partial charge in [-0.05, 0) is 63.4 Å². The highest BCUT2D eigenvalue weighted by Crippen LogP contribution is 2.19. The van der Waals surface area contributed by atoms with Gasteiger partial charge in [-0.2, -0.15) is 0 Å². The first-order chi connectivity index (χ1) is 16.4. The largest absolute Gasteiger partial charge is 0.497 e. The number of nitrogens with zero attached hydrogens (tertiary/aromatic N) is 3. The van der Waals surface area contributed by atoms with E-state index in [0.717, 1.165) is 67.4 Å². The molecule has 34 heavy (non-hydrogen) atoms. The maximum atomic E-state index is 12.9. The highest BCUT2D eigenvalue weighted by Gasteiger charge is 2.26. The van der Waals surface area contributed by atoms with E-state index in [1.54, 1.807) is 7.11 Å². The zero-order chi connectivity index (χ0) is 24.5. The maximum absolute atomic E-state index is 12.9. The molecule has 2 heterocycles. The van der Waals surface area contributed by atoms with Crippen molar-refractivity contribution in [1.29, 1.82) is 0 Å². The van der Waals surface area contributed by atoms with Crippen LogP contribution < -0.4 is 15.4 Å². The van der Waals surface area contributed by atoms with Gasteiger partial charge >= 0.3 is 6.03 Å². The quantitative estimate of drug-likeness (QED) is 0.590. The summed E-state index contributed by atoms with van der Waals surface area (Å²) in [6, 6.07) is 11.5. The molecule has 0 aliphatic carbocycles. The van der Waals surface area contributed by atoms with Gasteiger partial charge in [-0.3, -0.25) is 9.78 Å². The number of rotatable bonds is 9. The Morgan fingerprint density at radius 2 is 1.76 bits per heavy atom. The van der Waals surface area contributed by atoms with Crippen molar-refractivity contribution in [2.24, 2.45) is 0 Å². The minimum Gasteiger partial charge on any atom is -0.497 e. The zero-order valence-electron chi connectivity index (χ0n) is 20.8. The van der Waals surface area contributed by atoms with Crippen LogP contribution in [-0.4, -0.2) is 72.6 Å². The van der Waals surface area contributed by atoms with Crippen LogP contribution in [0.5, 0.6) is 5.75 Å². The third-order valence-corrected chi connectivity index (χ3v) is 6.23. The first kappa shape index (κ1) is 25.5. The fraction of sp³-hybridized carbons (Fsp3) is 0.500. The summed E-state index contributed by atoms with van der Waals surface area (Å²) in [6.07, 6.45) is 2.31. The smallest absolute Gasteiger partial charge is 0.319 e. The molecule has 8 heteroatoms. The van der Waals surface area contributed by atoms with E-state index in [4.69, 9.17) is 4.74 Å². The molecule has 1 aromatic heterocycles.